The van der Waals surface area contributed by atoms with Crippen molar-refractivity contribution in [2.75, 3.05) is 6.54 Å². The Morgan fingerprint density at radius 3 is 2.81 bits per heavy atom. The second-order valence-corrected chi connectivity index (χ2v) is 6.72. The summed E-state index contributed by atoms with van der Waals surface area (Å²) in [7, 11) is 0. The van der Waals surface area contributed by atoms with E-state index in [-0.39, 0.29) is 18.0 Å². The highest BCUT2D eigenvalue weighted by atomic mass is 16.3. The largest absolute Gasteiger partial charge is 0.467 e. The van der Waals surface area contributed by atoms with E-state index in [1.807, 2.05) is 24.3 Å². The number of likely N-dealkylation sites (tertiary alicyclic amines) is 1. The fourth-order valence-corrected chi connectivity index (χ4v) is 3.47. The van der Waals surface area contributed by atoms with Gasteiger partial charge in [-0.05, 0) is 28.5 Å². The van der Waals surface area contributed by atoms with E-state index in [4.69, 9.17) is 4.42 Å². The highest BCUT2D eigenvalue weighted by Gasteiger charge is 2.30. The van der Waals surface area contributed by atoms with E-state index in [0.29, 0.717) is 31.8 Å². The highest BCUT2D eigenvalue weighted by Crippen LogP contribution is 2.22. The Kier molecular flexibility index (Phi) is 4.78. The molecule has 6 heteroatoms. The van der Waals surface area contributed by atoms with Gasteiger partial charge in [-0.3, -0.25) is 4.79 Å². The fourth-order valence-electron chi connectivity index (χ4n) is 3.47. The third-order valence-corrected chi connectivity index (χ3v) is 4.79. The first-order chi connectivity index (χ1) is 13.2. The van der Waals surface area contributed by atoms with Gasteiger partial charge in [0.25, 0.3) is 0 Å². The van der Waals surface area contributed by atoms with Crippen LogP contribution >= 0.6 is 0 Å². The number of rotatable bonds is 5. The summed E-state index contributed by atoms with van der Waals surface area (Å²) in [5, 5.41) is 7.93. The lowest BCUT2D eigenvalue weighted by Crippen LogP contribution is -2.43. The normalized spacial score (nSPS) is 16.7. The lowest BCUT2D eigenvalue weighted by atomic mass is 10.0. The van der Waals surface area contributed by atoms with Crippen molar-refractivity contribution in [3.05, 3.63) is 72.2 Å². The maximum absolute atomic E-state index is 12.4. The van der Waals surface area contributed by atoms with E-state index >= 15 is 0 Å². The Bertz CT molecular complexity index is 947. The number of carbonyl (C=O) groups excluding carboxylic acids is 2. The molecule has 0 saturated carbocycles. The van der Waals surface area contributed by atoms with Gasteiger partial charge in [-0.1, -0.05) is 42.5 Å². The van der Waals surface area contributed by atoms with Crippen LogP contribution in [0.4, 0.5) is 4.79 Å². The quantitative estimate of drug-likeness (QED) is 0.732. The predicted octanol–water partition coefficient (Wildman–Crippen LogP) is 3.03. The second kappa shape index (κ2) is 7.53. The predicted molar refractivity (Wildman–Crippen MR) is 102 cm³/mol. The topological polar surface area (TPSA) is 74.6 Å². The maximum atomic E-state index is 12.4. The molecule has 1 aliphatic rings. The summed E-state index contributed by atoms with van der Waals surface area (Å²) in [6.07, 6.45) is 1.88. The molecule has 1 aromatic heterocycles. The number of nitrogens with one attached hydrogen (secondary N) is 2. The summed E-state index contributed by atoms with van der Waals surface area (Å²) in [6, 6.07) is 17.4. The van der Waals surface area contributed by atoms with Crippen molar-refractivity contribution < 1.29 is 14.0 Å². The lowest BCUT2D eigenvalue weighted by Gasteiger charge is -2.18. The molecule has 1 saturated heterocycles. The van der Waals surface area contributed by atoms with Gasteiger partial charge in [-0.2, -0.15) is 0 Å². The number of benzene rings is 2. The molecule has 0 radical (unpaired) electrons. The van der Waals surface area contributed by atoms with Crippen molar-refractivity contribution in [2.45, 2.75) is 25.6 Å². The molecular weight excluding hydrogens is 342 g/mol. The maximum Gasteiger partial charge on any atom is 0.315 e. The molecule has 2 heterocycles. The van der Waals surface area contributed by atoms with Crippen LogP contribution in [0.2, 0.25) is 0 Å². The van der Waals surface area contributed by atoms with Crippen LogP contribution in [-0.4, -0.2) is 29.4 Å². The number of hydrogen-bond donors (Lipinski definition) is 2. The Hall–Kier alpha value is -3.28. The Balaban J connectivity index is 1.35. The van der Waals surface area contributed by atoms with E-state index in [2.05, 4.69) is 28.8 Å². The minimum absolute atomic E-state index is 0.0549. The molecule has 3 aromatic rings. The number of hydrogen-bond acceptors (Lipinski definition) is 3. The van der Waals surface area contributed by atoms with Crippen LogP contribution < -0.4 is 10.6 Å². The molecule has 0 bridgehead atoms. The molecule has 2 N–H and O–H groups in total. The van der Waals surface area contributed by atoms with E-state index < -0.39 is 0 Å². The van der Waals surface area contributed by atoms with Crippen LogP contribution in [0.3, 0.4) is 0 Å². The van der Waals surface area contributed by atoms with Crippen LogP contribution in [0, 0.1) is 0 Å². The molecule has 1 aliphatic heterocycles. The zero-order valence-electron chi connectivity index (χ0n) is 14.9. The smallest absolute Gasteiger partial charge is 0.315 e. The van der Waals surface area contributed by atoms with Gasteiger partial charge in [0, 0.05) is 19.5 Å². The van der Waals surface area contributed by atoms with Gasteiger partial charge >= 0.3 is 6.03 Å². The molecule has 0 spiro atoms. The molecule has 6 nitrogen and oxygen atoms in total. The standard InChI is InChI=1S/C21H21N3O3/c25-20-11-17(23-21(26)22-12-18-8-4-10-27-18)14-24(20)13-16-7-3-6-15-5-1-2-9-19(15)16/h1-10,17H,11-14H2,(H2,22,23,26)/t17-/m1/s1. The fraction of sp³-hybridized carbons (Fsp3) is 0.238. The number of amides is 3. The van der Waals surface area contributed by atoms with E-state index in [1.165, 1.54) is 0 Å². The van der Waals surface area contributed by atoms with E-state index in [1.54, 1.807) is 23.3 Å². The number of nitrogens with zero attached hydrogens (tertiary/aromatic N) is 1. The first kappa shape index (κ1) is 17.1. The molecular formula is C21H21N3O3. The summed E-state index contributed by atoms with van der Waals surface area (Å²) < 4.78 is 5.18. The molecule has 2 aromatic carbocycles. The number of carbonyl (C=O) groups is 2. The Morgan fingerprint density at radius 1 is 1.11 bits per heavy atom. The van der Waals surface area contributed by atoms with E-state index in [0.717, 1.165) is 16.3 Å². The molecule has 1 atom stereocenters. The van der Waals surface area contributed by atoms with Gasteiger partial charge in [0.1, 0.15) is 5.76 Å². The lowest BCUT2D eigenvalue weighted by molar-refractivity contribution is -0.128. The van der Waals surface area contributed by atoms with Crippen LogP contribution in [-0.2, 0) is 17.9 Å². The molecule has 0 unspecified atom stereocenters. The van der Waals surface area contributed by atoms with Crippen molar-refractivity contribution in [3.63, 3.8) is 0 Å². The second-order valence-electron chi connectivity index (χ2n) is 6.72. The Morgan fingerprint density at radius 2 is 1.96 bits per heavy atom. The average molecular weight is 363 g/mol. The van der Waals surface area contributed by atoms with Crippen molar-refractivity contribution in [1.29, 1.82) is 0 Å². The number of urea groups is 1. The summed E-state index contributed by atoms with van der Waals surface area (Å²) >= 11 is 0. The van der Waals surface area contributed by atoms with Gasteiger partial charge in [-0.15, -0.1) is 0 Å². The van der Waals surface area contributed by atoms with Gasteiger partial charge in [0.2, 0.25) is 5.91 Å². The first-order valence-corrected chi connectivity index (χ1v) is 9.00. The SMILES string of the molecule is O=C(NCc1ccco1)N[C@@H]1CC(=O)N(Cc2cccc3ccccc23)C1. The molecule has 138 valence electrons. The van der Waals surface area contributed by atoms with E-state index in [9.17, 15) is 9.59 Å². The highest BCUT2D eigenvalue weighted by molar-refractivity contribution is 5.87. The summed E-state index contributed by atoms with van der Waals surface area (Å²) in [5.74, 6) is 0.740. The number of furan rings is 1. The van der Waals surface area contributed by atoms with Gasteiger partial charge < -0.3 is 20.0 Å². The van der Waals surface area contributed by atoms with Gasteiger partial charge in [0.05, 0.1) is 18.8 Å². The monoisotopic (exact) mass is 363 g/mol. The average Bonchev–Trinajstić information content (AvgIpc) is 3.30. The van der Waals surface area contributed by atoms with Gasteiger partial charge in [0.15, 0.2) is 0 Å². The number of fused-ring (bicyclic) bond motifs is 1. The molecule has 0 aliphatic carbocycles. The van der Waals surface area contributed by atoms with Crippen LogP contribution in [0.25, 0.3) is 10.8 Å². The first-order valence-electron chi connectivity index (χ1n) is 9.00. The minimum atomic E-state index is -0.295. The van der Waals surface area contributed by atoms with Crippen molar-refractivity contribution in [1.82, 2.24) is 15.5 Å². The zero-order valence-corrected chi connectivity index (χ0v) is 14.9. The summed E-state index contributed by atoms with van der Waals surface area (Å²) in [5.41, 5.74) is 1.12. The van der Waals surface area contributed by atoms with Gasteiger partial charge in [-0.25, -0.2) is 4.79 Å². The van der Waals surface area contributed by atoms with Crippen molar-refractivity contribution in [3.8, 4) is 0 Å². The third-order valence-electron chi connectivity index (χ3n) is 4.79. The van der Waals surface area contributed by atoms with Crippen LogP contribution in [0.5, 0.6) is 0 Å². The molecule has 4 rings (SSSR count). The van der Waals surface area contributed by atoms with Crippen LogP contribution in [0.15, 0.2) is 65.3 Å². The minimum Gasteiger partial charge on any atom is -0.467 e. The summed E-state index contributed by atoms with van der Waals surface area (Å²) in [6.45, 7) is 1.38. The molecule has 27 heavy (non-hydrogen) atoms. The van der Waals surface area contributed by atoms with Crippen molar-refractivity contribution in [2.24, 2.45) is 0 Å². The molecule has 3 amide bonds. The third kappa shape index (κ3) is 3.95. The molecule has 1 fully saturated rings. The zero-order chi connectivity index (χ0) is 18.6. The van der Waals surface area contributed by atoms with Crippen molar-refractivity contribution >= 4 is 22.7 Å². The Labute approximate surface area is 157 Å². The van der Waals surface area contributed by atoms with Crippen LogP contribution in [0.1, 0.15) is 17.7 Å². The summed E-state index contributed by atoms with van der Waals surface area (Å²) in [4.78, 5) is 26.2.